The minimum atomic E-state index is -0.119. The van der Waals surface area contributed by atoms with Gasteiger partial charge in [0.1, 0.15) is 11.5 Å². The maximum Gasteiger partial charge on any atom is 0.262 e. The number of carbonyl (C=O) groups is 1. The number of anilines is 1. The van der Waals surface area contributed by atoms with E-state index in [4.69, 9.17) is 9.47 Å². The highest BCUT2D eigenvalue weighted by atomic mass is 16.5. The Morgan fingerprint density at radius 1 is 1.29 bits per heavy atom. The third kappa shape index (κ3) is 3.51. The van der Waals surface area contributed by atoms with Gasteiger partial charge in [0.25, 0.3) is 5.91 Å². The summed E-state index contributed by atoms with van der Waals surface area (Å²) >= 11 is 0. The van der Waals surface area contributed by atoms with Crippen molar-refractivity contribution < 1.29 is 14.3 Å². The highest BCUT2D eigenvalue weighted by molar-refractivity contribution is 5.95. The molecule has 1 aliphatic heterocycles. The summed E-state index contributed by atoms with van der Waals surface area (Å²) in [5, 5.41) is 6.34. The van der Waals surface area contributed by atoms with Crippen molar-refractivity contribution in [2.75, 3.05) is 19.0 Å². The molecule has 0 bridgehead atoms. The van der Waals surface area contributed by atoms with Gasteiger partial charge in [0, 0.05) is 12.6 Å². The first-order valence-corrected chi connectivity index (χ1v) is 8.00. The molecule has 0 radical (unpaired) electrons. The SMILES string of the molecule is COc1cc(CN[C@@H](C)c2ccc3c(c2)NC(=O)CO3)ccc1C. The van der Waals surface area contributed by atoms with Crippen LogP contribution in [-0.2, 0) is 11.3 Å². The van der Waals surface area contributed by atoms with Crippen LogP contribution in [0.3, 0.4) is 0 Å². The number of rotatable bonds is 5. The number of hydrogen-bond acceptors (Lipinski definition) is 4. The Bertz CT molecular complexity index is 758. The van der Waals surface area contributed by atoms with E-state index in [1.54, 1.807) is 7.11 Å². The summed E-state index contributed by atoms with van der Waals surface area (Å²) in [7, 11) is 1.69. The predicted octanol–water partition coefficient (Wildman–Crippen LogP) is 3.19. The minimum absolute atomic E-state index is 0.0788. The van der Waals surface area contributed by atoms with E-state index in [2.05, 4.69) is 35.8 Å². The summed E-state index contributed by atoms with van der Waals surface area (Å²) in [6.07, 6.45) is 0. The van der Waals surface area contributed by atoms with Gasteiger partial charge in [-0.3, -0.25) is 4.79 Å². The highest BCUT2D eigenvalue weighted by Gasteiger charge is 2.17. The van der Waals surface area contributed by atoms with Gasteiger partial charge in [-0.05, 0) is 48.7 Å². The lowest BCUT2D eigenvalue weighted by molar-refractivity contribution is -0.118. The second-order valence-corrected chi connectivity index (χ2v) is 6.00. The van der Waals surface area contributed by atoms with Crippen LogP contribution in [0.25, 0.3) is 0 Å². The van der Waals surface area contributed by atoms with Crippen molar-refractivity contribution in [3.63, 3.8) is 0 Å². The van der Waals surface area contributed by atoms with E-state index < -0.39 is 0 Å². The fraction of sp³-hybridized carbons (Fsp3) is 0.316. The van der Waals surface area contributed by atoms with E-state index in [-0.39, 0.29) is 18.6 Å². The standard InChI is InChI=1S/C19H22N2O3/c1-12-4-5-14(8-18(12)23-3)10-20-13(2)15-6-7-17-16(9-15)21-19(22)11-24-17/h4-9,13,20H,10-11H2,1-3H3,(H,21,22)/t13-/m0/s1. The maximum absolute atomic E-state index is 11.4. The van der Waals surface area contributed by atoms with Gasteiger partial charge in [-0.1, -0.05) is 18.2 Å². The molecule has 0 unspecified atom stereocenters. The average Bonchev–Trinajstić information content (AvgIpc) is 2.60. The third-order valence-corrected chi connectivity index (χ3v) is 4.22. The third-order valence-electron chi connectivity index (χ3n) is 4.22. The van der Waals surface area contributed by atoms with Gasteiger partial charge in [0.15, 0.2) is 6.61 Å². The molecule has 2 aromatic carbocycles. The van der Waals surface area contributed by atoms with Gasteiger partial charge in [-0.15, -0.1) is 0 Å². The number of aryl methyl sites for hydroxylation is 1. The van der Waals surface area contributed by atoms with Crippen molar-refractivity contribution >= 4 is 11.6 Å². The number of hydrogen-bond donors (Lipinski definition) is 2. The second kappa shape index (κ2) is 6.93. The largest absolute Gasteiger partial charge is 0.496 e. The molecule has 0 aliphatic carbocycles. The Morgan fingerprint density at radius 3 is 2.92 bits per heavy atom. The van der Waals surface area contributed by atoms with E-state index >= 15 is 0 Å². The van der Waals surface area contributed by atoms with Gasteiger partial charge in [0.05, 0.1) is 12.8 Å². The van der Waals surface area contributed by atoms with Crippen molar-refractivity contribution in [2.45, 2.75) is 26.4 Å². The molecule has 24 heavy (non-hydrogen) atoms. The first-order chi connectivity index (χ1) is 11.6. The lowest BCUT2D eigenvalue weighted by Gasteiger charge is -2.21. The van der Waals surface area contributed by atoms with Crippen LogP contribution < -0.4 is 20.1 Å². The normalized spacial score (nSPS) is 14.4. The Labute approximate surface area is 142 Å². The van der Waals surface area contributed by atoms with E-state index in [9.17, 15) is 4.79 Å². The number of amides is 1. The summed E-state index contributed by atoms with van der Waals surface area (Å²) in [4.78, 5) is 11.4. The quantitative estimate of drug-likeness (QED) is 0.886. The van der Waals surface area contributed by atoms with Gasteiger partial charge >= 0.3 is 0 Å². The number of fused-ring (bicyclic) bond motifs is 1. The van der Waals surface area contributed by atoms with Crippen LogP contribution in [0.5, 0.6) is 11.5 Å². The first-order valence-electron chi connectivity index (χ1n) is 8.00. The first kappa shape index (κ1) is 16.3. The smallest absolute Gasteiger partial charge is 0.262 e. The fourth-order valence-electron chi connectivity index (χ4n) is 2.73. The van der Waals surface area contributed by atoms with Crippen LogP contribution in [0.4, 0.5) is 5.69 Å². The number of benzene rings is 2. The molecule has 3 rings (SSSR count). The number of ether oxygens (including phenoxy) is 2. The summed E-state index contributed by atoms with van der Waals surface area (Å²) in [5.41, 5.74) is 4.12. The van der Waals surface area contributed by atoms with Crippen LogP contribution >= 0.6 is 0 Å². The van der Waals surface area contributed by atoms with Crippen LogP contribution in [0.2, 0.25) is 0 Å². The predicted molar refractivity (Wildman–Crippen MR) is 93.6 cm³/mol. The van der Waals surface area contributed by atoms with Crippen molar-refractivity contribution in [2.24, 2.45) is 0 Å². The lowest BCUT2D eigenvalue weighted by atomic mass is 10.1. The van der Waals surface area contributed by atoms with E-state index in [0.717, 1.165) is 29.1 Å². The molecule has 0 aromatic heterocycles. The number of nitrogens with one attached hydrogen (secondary N) is 2. The molecule has 1 aliphatic rings. The molecular formula is C19H22N2O3. The Balaban J connectivity index is 1.68. The molecular weight excluding hydrogens is 304 g/mol. The molecule has 126 valence electrons. The summed E-state index contributed by atoms with van der Waals surface area (Å²) < 4.78 is 10.8. The molecule has 2 aromatic rings. The average molecular weight is 326 g/mol. The minimum Gasteiger partial charge on any atom is -0.496 e. The Morgan fingerprint density at radius 2 is 2.12 bits per heavy atom. The number of carbonyl (C=O) groups excluding carboxylic acids is 1. The number of methoxy groups -OCH3 is 1. The maximum atomic E-state index is 11.4. The van der Waals surface area contributed by atoms with Gasteiger partial charge in [-0.25, -0.2) is 0 Å². The lowest BCUT2D eigenvalue weighted by Crippen LogP contribution is -2.26. The molecule has 2 N–H and O–H groups in total. The zero-order valence-electron chi connectivity index (χ0n) is 14.2. The molecule has 0 spiro atoms. The Kier molecular flexibility index (Phi) is 4.71. The van der Waals surface area contributed by atoms with Crippen molar-refractivity contribution in [3.05, 3.63) is 53.1 Å². The van der Waals surface area contributed by atoms with E-state index in [0.29, 0.717) is 5.75 Å². The molecule has 1 heterocycles. The van der Waals surface area contributed by atoms with Crippen molar-refractivity contribution in [1.82, 2.24) is 5.32 Å². The summed E-state index contributed by atoms with van der Waals surface area (Å²) in [6.45, 7) is 4.94. The molecule has 0 saturated heterocycles. The molecule has 1 atom stereocenters. The topological polar surface area (TPSA) is 59.6 Å². The molecule has 0 fully saturated rings. The van der Waals surface area contributed by atoms with Gasteiger partial charge < -0.3 is 20.1 Å². The van der Waals surface area contributed by atoms with Crippen molar-refractivity contribution in [3.8, 4) is 11.5 Å². The summed E-state index contributed by atoms with van der Waals surface area (Å²) in [5.74, 6) is 1.50. The van der Waals surface area contributed by atoms with Gasteiger partial charge in [-0.2, -0.15) is 0 Å². The molecule has 0 saturated carbocycles. The van der Waals surface area contributed by atoms with Gasteiger partial charge in [0.2, 0.25) is 0 Å². The van der Waals surface area contributed by atoms with E-state index in [1.807, 2.05) is 25.1 Å². The second-order valence-electron chi connectivity index (χ2n) is 6.00. The zero-order chi connectivity index (χ0) is 17.1. The van der Waals surface area contributed by atoms with Crippen molar-refractivity contribution in [1.29, 1.82) is 0 Å². The fourth-order valence-corrected chi connectivity index (χ4v) is 2.73. The van der Waals surface area contributed by atoms with Crippen LogP contribution in [0.1, 0.15) is 29.7 Å². The highest BCUT2D eigenvalue weighted by Crippen LogP contribution is 2.30. The monoisotopic (exact) mass is 326 g/mol. The van der Waals surface area contributed by atoms with Crippen LogP contribution in [0.15, 0.2) is 36.4 Å². The van der Waals surface area contributed by atoms with Crippen LogP contribution in [-0.4, -0.2) is 19.6 Å². The van der Waals surface area contributed by atoms with Crippen LogP contribution in [0, 0.1) is 6.92 Å². The molecule has 5 heteroatoms. The summed E-state index contributed by atoms with van der Waals surface area (Å²) in [6, 6.07) is 12.2. The molecule has 1 amide bonds. The Hall–Kier alpha value is -2.53. The zero-order valence-corrected chi connectivity index (χ0v) is 14.2. The molecule has 5 nitrogen and oxygen atoms in total. The van der Waals surface area contributed by atoms with E-state index in [1.165, 1.54) is 5.56 Å².